The van der Waals surface area contributed by atoms with E-state index in [1.165, 1.54) is 19.4 Å². The number of aromatic nitrogens is 1. The number of rotatable bonds is 4. The minimum atomic E-state index is -4.40. The molecule has 4 nitrogen and oxygen atoms in total. The number of anilines is 1. The molecule has 0 fully saturated rings. The molecular weight excluding hydrogens is 363 g/mol. The third-order valence-electron chi connectivity index (χ3n) is 2.67. The van der Waals surface area contributed by atoms with Crippen LogP contribution in [0.1, 0.15) is 11.1 Å². The van der Waals surface area contributed by atoms with E-state index in [9.17, 15) is 13.2 Å². The lowest BCUT2D eigenvalue weighted by Gasteiger charge is -2.07. The van der Waals surface area contributed by atoms with Crippen molar-refractivity contribution in [2.75, 3.05) is 12.5 Å². The maximum atomic E-state index is 12.4. The van der Waals surface area contributed by atoms with Gasteiger partial charge in [0.05, 0.1) is 18.9 Å². The second-order valence-electron chi connectivity index (χ2n) is 4.19. The molecule has 2 rings (SSSR count). The lowest BCUT2D eigenvalue weighted by Crippen LogP contribution is -2.05. The molecule has 1 aromatic carbocycles. The molecule has 0 aliphatic heterocycles. The quantitative estimate of drug-likeness (QED) is 0.641. The summed E-state index contributed by atoms with van der Waals surface area (Å²) >= 11 is 3.33. The van der Waals surface area contributed by atoms with Crippen molar-refractivity contribution in [3.05, 3.63) is 52.1 Å². The smallest absolute Gasteiger partial charge is 0.417 e. The minimum Gasteiger partial charge on any atom is -0.496 e. The highest BCUT2D eigenvalue weighted by atomic mass is 79.9. The van der Waals surface area contributed by atoms with Gasteiger partial charge in [0, 0.05) is 16.2 Å². The van der Waals surface area contributed by atoms with Crippen molar-refractivity contribution in [1.82, 2.24) is 4.98 Å². The monoisotopic (exact) mass is 373 g/mol. The lowest BCUT2D eigenvalue weighted by atomic mass is 10.2. The summed E-state index contributed by atoms with van der Waals surface area (Å²) in [5.74, 6) is 0.826. The van der Waals surface area contributed by atoms with Crippen molar-refractivity contribution < 1.29 is 17.9 Å². The number of hydrogen-bond donors (Lipinski definition) is 1. The van der Waals surface area contributed by atoms with Crippen LogP contribution in [-0.4, -0.2) is 18.3 Å². The number of halogens is 4. The topological polar surface area (TPSA) is 46.5 Å². The summed E-state index contributed by atoms with van der Waals surface area (Å²) in [6, 6.07) is 7.52. The second-order valence-corrected chi connectivity index (χ2v) is 5.10. The molecule has 8 heteroatoms. The Balaban J connectivity index is 2.08. The van der Waals surface area contributed by atoms with Gasteiger partial charge in [-0.05, 0) is 30.3 Å². The van der Waals surface area contributed by atoms with Crippen molar-refractivity contribution in [3.8, 4) is 5.75 Å². The molecule has 0 aliphatic rings. The number of ether oxygens (including phenoxy) is 1. The molecule has 0 saturated carbocycles. The highest BCUT2D eigenvalue weighted by Gasteiger charge is 2.30. The molecule has 0 bridgehead atoms. The van der Waals surface area contributed by atoms with Crippen molar-refractivity contribution >= 4 is 28.0 Å². The molecule has 1 N–H and O–H groups in total. The Hall–Kier alpha value is -2.09. The first-order valence-corrected chi connectivity index (χ1v) is 6.85. The van der Waals surface area contributed by atoms with Crippen LogP contribution < -0.4 is 10.2 Å². The number of hydrogen-bond acceptors (Lipinski definition) is 4. The van der Waals surface area contributed by atoms with Gasteiger partial charge in [-0.2, -0.15) is 18.3 Å². The van der Waals surface area contributed by atoms with Gasteiger partial charge in [0.2, 0.25) is 0 Å². The largest absolute Gasteiger partial charge is 0.496 e. The Kier molecular flexibility index (Phi) is 5.02. The number of alkyl halides is 3. The van der Waals surface area contributed by atoms with Crippen molar-refractivity contribution in [3.63, 3.8) is 0 Å². The van der Waals surface area contributed by atoms with Gasteiger partial charge >= 0.3 is 6.18 Å². The number of benzene rings is 1. The van der Waals surface area contributed by atoms with E-state index in [4.69, 9.17) is 4.74 Å². The van der Waals surface area contributed by atoms with Gasteiger partial charge in [0.15, 0.2) is 0 Å². The normalized spacial score (nSPS) is 11.7. The number of nitrogens with one attached hydrogen (secondary N) is 1. The van der Waals surface area contributed by atoms with Gasteiger partial charge in [-0.15, -0.1) is 0 Å². The maximum Gasteiger partial charge on any atom is 0.417 e. The Morgan fingerprint density at radius 3 is 2.64 bits per heavy atom. The van der Waals surface area contributed by atoms with Gasteiger partial charge < -0.3 is 4.74 Å². The SMILES string of the molecule is COc1ccc(Br)cc1/C=N/Nc1ccc(C(F)(F)F)cn1. The average Bonchev–Trinajstić information content (AvgIpc) is 2.47. The predicted octanol–water partition coefficient (Wildman–Crippen LogP) is 4.32. The molecule has 2 aromatic rings. The van der Waals surface area contributed by atoms with E-state index in [1.807, 2.05) is 6.07 Å². The van der Waals surface area contributed by atoms with Crippen LogP contribution in [0.4, 0.5) is 19.0 Å². The third-order valence-corrected chi connectivity index (χ3v) is 3.16. The molecule has 1 aromatic heterocycles. The maximum absolute atomic E-state index is 12.4. The average molecular weight is 374 g/mol. The molecule has 0 unspecified atom stereocenters. The lowest BCUT2D eigenvalue weighted by molar-refractivity contribution is -0.137. The van der Waals surface area contributed by atoms with E-state index < -0.39 is 11.7 Å². The van der Waals surface area contributed by atoms with Gasteiger partial charge in [-0.25, -0.2) is 4.98 Å². The molecule has 0 aliphatic carbocycles. The summed E-state index contributed by atoms with van der Waals surface area (Å²) in [5, 5.41) is 3.93. The second kappa shape index (κ2) is 6.78. The van der Waals surface area contributed by atoms with Crippen LogP contribution in [0.2, 0.25) is 0 Å². The van der Waals surface area contributed by atoms with Crippen LogP contribution in [0, 0.1) is 0 Å². The van der Waals surface area contributed by atoms with Crippen molar-refractivity contribution in [1.29, 1.82) is 0 Å². The summed E-state index contributed by atoms with van der Waals surface area (Å²) < 4.78 is 43.2. The van der Waals surface area contributed by atoms with E-state index in [1.54, 1.807) is 12.1 Å². The Morgan fingerprint density at radius 1 is 1.27 bits per heavy atom. The molecule has 0 radical (unpaired) electrons. The van der Waals surface area contributed by atoms with Crippen LogP contribution >= 0.6 is 15.9 Å². The van der Waals surface area contributed by atoms with Crippen molar-refractivity contribution in [2.24, 2.45) is 5.10 Å². The van der Waals surface area contributed by atoms with E-state index in [-0.39, 0.29) is 5.82 Å². The summed E-state index contributed by atoms with van der Waals surface area (Å²) in [6.45, 7) is 0. The summed E-state index contributed by atoms with van der Waals surface area (Å²) in [7, 11) is 1.53. The first-order chi connectivity index (χ1) is 10.4. The zero-order chi connectivity index (χ0) is 16.2. The fourth-order valence-corrected chi connectivity index (χ4v) is 1.98. The fourth-order valence-electron chi connectivity index (χ4n) is 1.60. The number of methoxy groups -OCH3 is 1. The Morgan fingerprint density at radius 2 is 2.05 bits per heavy atom. The number of hydrazone groups is 1. The van der Waals surface area contributed by atoms with Gasteiger partial charge in [0.25, 0.3) is 0 Å². The van der Waals surface area contributed by atoms with E-state index >= 15 is 0 Å². The predicted molar refractivity (Wildman–Crippen MR) is 81.1 cm³/mol. The van der Waals surface area contributed by atoms with E-state index in [0.29, 0.717) is 11.3 Å². The number of nitrogens with zero attached hydrogens (tertiary/aromatic N) is 2. The Labute approximate surface area is 133 Å². The number of pyridine rings is 1. The Bertz CT molecular complexity index is 672. The summed E-state index contributed by atoms with van der Waals surface area (Å²) in [5.41, 5.74) is 2.46. The van der Waals surface area contributed by atoms with Crippen LogP contribution in [0.5, 0.6) is 5.75 Å². The molecule has 0 atom stereocenters. The van der Waals surface area contributed by atoms with Gasteiger partial charge in [-0.1, -0.05) is 15.9 Å². The van der Waals surface area contributed by atoms with E-state index in [0.717, 1.165) is 16.7 Å². The molecular formula is C14H11BrF3N3O. The highest BCUT2D eigenvalue weighted by molar-refractivity contribution is 9.10. The van der Waals surface area contributed by atoms with E-state index in [2.05, 4.69) is 31.4 Å². The fraction of sp³-hybridized carbons (Fsp3) is 0.143. The zero-order valence-electron chi connectivity index (χ0n) is 11.4. The van der Waals surface area contributed by atoms with Gasteiger partial charge in [-0.3, -0.25) is 5.43 Å². The molecule has 116 valence electrons. The van der Waals surface area contributed by atoms with Crippen LogP contribution in [0.25, 0.3) is 0 Å². The minimum absolute atomic E-state index is 0.207. The van der Waals surface area contributed by atoms with Crippen LogP contribution in [-0.2, 0) is 6.18 Å². The molecule has 1 heterocycles. The van der Waals surface area contributed by atoms with Crippen molar-refractivity contribution in [2.45, 2.75) is 6.18 Å². The third kappa shape index (κ3) is 4.20. The summed E-state index contributed by atoms with van der Waals surface area (Å²) in [4.78, 5) is 3.65. The first-order valence-electron chi connectivity index (χ1n) is 6.06. The highest BCUT2D eigenvalue weighted by Crippen LogP contribution is 2.28. The first kappa shape index (κ1) is 16.3. The summed E-state index contributed by atoms with van der Waals surface area (Å²) in [6.07, 6.45) is -2.17. The molecule has 0 amide bonds. The zero-order valence-corrected chi connectivity index (χ0v) is 12.9. The van der Waals surface area contributed by atoms with Gasteiger partial charge in [0.1, 0.15) is 11.6 Å². The molecule has 0 spiro atoms. The standard InChI is InChI=1S/C14H11BrF3N3O/c1-22-12-4-3-11(15)6-9(12)7-20-21-13-5-2-10(8-19-13)14(16,17)18/h2-8H,1H3,(H,19,21)/b20-7+. The molecule has 0 saturated heterocycles. The van der Waals surface area contributed by atoms with Crippen LogP contribution in [0.3, 0.4) is 0 Å². The van der Waals surface area contributed by atoms with Crippen LogP contribution in [0.15, 0.2) is 46.1 Å². The molecule has 22 heavy (non-hydrogen) atoms.